The molecular weight excluding hydrogens is 254 g/mol. The Morgan fingerprint density at radius 2 is 2.05 bits per heavy atom. The van der Waals surface area contributed by atoms with E-state index in [2.05, 4.69) is 37.4 Å². The van der Waals surface area contributed by atoms with Crippen molar-refractivity contribution in [2.75, 3.05) is 13.7 Å². The van der Waals surface area contributed by atoms with Gasteiger partial charge in [0.2, 0.25) is 0 Å². The molecule has 0 aliphatic carbocycles. The zero-order valence-corrected chi connectivity index (χ0v) is 12.9. The summed E-state index contributed by atoms with van der Waals surface area (Å²) in [5.41, 5.74) is 1.50. The molecule has 1 N–H and O–H groups in total. The van der Waals surface area contributed by atoms with Gasteiger partial charge in [0, 0.05) is 11.4 Å². The van der Waals surface area contributed by atoms with Gasteiger partial charge < -0.3 is 10.1 Å². The maximum Gasteiger partial charge on any atom is 0.136 e. The Bertz CT molecular complexity index is 533. The van der Waals surface area contributed by atoms with Gasteiger partial charge in [0.1, 0.15) is 5.75 Å². The minimum absolute atomic E-state index is 0.978. The Balaban J connectivity index is 2.40. The zero-order chi connectivity index (χ0) is 13.7. The number of ether oxygens (including phenoxy) is 1. The Morgan fingerprint density at radius 3 is 2.74 bits per heavy atom. The smallest absolute Gasteiger partial charge is 0.136 e. The van der Waals surface area contributed by atoms with Gasteiger partial charge in [0.05, 0.1) is 11.8 Å². The third kappa shape index (κ3) is 3.10. The van der Waals surface area contributed by atoms with Crippen LogP contribution in [0.25, 0.3) is 10.1 Å². The van der Waals surface area contributed by atoms with Crippen LogP contribution in [0, 0.1) is 0 Å². The highest BCUT2D eigenvalue weighted by Gasteiger charge is 2.13. The number of benzene rings is 1. The molecular formula is C16H23NOS. The molecule has 2 nitrogen and oxygen atoms in total. The molecule has 0 atom stereocenters. The molecule has 0 bridgehead atoms. The topological polar surface area (TPSA) is 21.3 Å². The summed E-state index contributed by atoms with van der Waals surface area (Å²) >= 11 is 1.88. The molecule has 0 spiro atoms. The van der Waals surface area contributed by atoms with Crippen molar-refractivity contribution in [2.24, 2.45) is 0 Å². The molecule has 19 heavy (non-hydrogen) atoms. The van der Waals surface area contributed by atoms with E-state index in [1.165, 1.54) is 33.4 Å². The van der Waals surface area contributed by atoms with E-state index in [9.17, 15) is 0 Å². The number of rotatable bonds is 7. The van der Waals surface area contributed by atoms with Crippen LogP contribution in [0.5, 0.6) is 5.75 Å². The minimum atomic E-state index is 0.978. The van der Waals surface area contributed by atoms with Crippen LogP contribution < -0.4 is 10.1 Å². The largest absolute Gasteiger partial charge is 0.495 e. The number of hydrogen-bond acceptors (Lipinski definition) is 3. The number of nitrogens with one attached hydrogen (secondary N) is 1. The normalized spacial score (nSPS) is 11.1. The first-order valence-corrected chi connectivity index (χ1v) is 7.91. The number of thiophene rings is 1. The second-order valence-corrected chi connectivity index (χ2v) is 5.87. The lowest BCUT2D eigenvalue weighted by Gasteiger charge is -2.04. The van der Waals surface area contributed by atoms with E-state index in [4.69, 9.17) is 4.74 Å². The first kappa shape index (κ1) is 14.4. The number of aryl methyl sites for hydroxylation is 1. The summed E-state index contributed by atoms with van der Waals surface area (Å²) in [6.07, 6.45) is 3.51. The van der Waals surface area contributed by atoms with Crippen molar-refractivity contribution in [3.63, 3.8) is 0 Å². The number of methoxy groups -OCH3 is 1. The van der Waals surface area contributed by atoms with Crippen LogP contribution in [-0.2, 0) is 13.0 Å². The summed E-state index contributed by atoms with van der Waals surface area (Å²) in [5, 5.41) is 4.89. The van der Waals surface area contributed by atoms with Crippen LogP contribution in [0.15, 0.2) is 18.2 Å². The van der Waals surface area contributed by atoms with Gasteiger partial charge in [0.15, 0.2) is 0 Å². The van der Waals surface area contributed by atoms with E-state index in [0.717, 1.165) is 25.3 Å². The Kier molecular flexibility index (Phi) is 5.23. The van der Waals surface area contributed by atoms with Crippen molar-refractivity contribution in [1.82, 2.24) is 5.32 Å². The molecule has 0 saturated carbocycles. The lowest BCUT2D eigenvalue weighted by Crippen LogP contribution is -2.13. The third-order valence-electron chi connectivity index (χ3n) is 3.30. The van der Waals surface area contributed by atoms with Crippen LogP contribution in [0.2, 0.25) is 0 Å². The van der Waals surface area contributed by atoms with Gasteiger partial charge in [-0.1, -0.05) is 32.4 Å². The second kappa shape index (κ2) is 6.92. The summed E-state index contributed by atoms with van der Waals surface area (Å²) in [5.74, 6) is 1.00. The predicted molar refractivity (Wildman–Crippen MR) is 84.4 cm³/mol. The highest BCUT2D eigenvalue weighted by Crippen LogP contribution is 2.38. The molecule has 0 fully saturated rings. The van der Waals surface area contributed by atoms with Crippen molar-refractivity contribution in [3.05, 3.63) is 28.6 Å². The number of fused-ring (bicyclic) bond motifs is 1. The zero-order valence-electron chi connectivity index (χ0n) is 12.1. The fourth-order valence-electron chi connectivity index (χ4n) is 2.40. The van der Waals surface area contributed by atoms with Crippen LogP contribution in [0.4, 0.5) is 0 Å². The quantitative estimate of drug-likeness (QED) is 0.759. The molecule has 104 valence electrons. The SMILES string of the molecule is CCCNCc1sc2c(OC)cccc2c1CCC. The molecule has 0 aliphatic heterocycles. The summed E-state index contributed by atoms with van der Waals surface area (Å²) < 4.78 is 6.78. The maximum atomic E-state index is 5.49. The third-order valence-corrected chi connectivity index (χ3v) is 4.56. The van der Waals surface area contributed by atoms with E-state index in [1.54, 1.807) is 7.11 Å². The van der Waals surface area contributed by atoms with Crippen LogP contribution in [-0.4, -0.2) is 13.7 Å². The lowest BCUT2D eigenvalue weighted by atomic mass is 10.1. The highest BCUT2D eigenvalue weighted by molar-refractivity contribution is 7.19. The highest BCUT2D eigenvalue weighted by atomic mass is 32.1. The van der Waals surface area contributed by atoms with E-state index < -0.39 is 0 Å². The molecule has 2 rings (SSSR count). The summed E-state index contributed by atoms with van der Waals surface area (Å²) in [6, 6.07) is 6.37. The molecule has 0 aliphatic rings. The van der Waals surface area contributed by atoms with Gasteiger partial charge in [-0.3, -0.25) is 0 Å². The van der Waals surface area contributed by atoms with Crippen LogP contribution in [0.3, 0.4) is 0 Å². The molecule has 0 amide bonds. The molecule has 3 heteroatoms. The monoisotopic (exact) mass is 277 g/mol. The maximum absolute atomic E-state index is 5.49. The average Bonchev–Trinajstić information content (AvgIpc) is 2.78. The first-order chi connectivity index (χ1) is 9.31. The molecule has 0 radical (unpaired) electrons. The predicted octanol–water partition coefficient (Wildman–Crippen LogP) is 4.36. The van der Waals surface area contributed by atoms with Gasteiger partial charge in [-0.2, -0.15) is 0 Å². The molecule has 1 aromatic carbocycles. The molecule has 2 aromatic rings. The van der Waals surface area contributed by atoms with Gasteiger partial charge in [-0.15, -0.1) is 11.3 Å². The Morgan fingerprint density at radius 1 is 1.21 bits per heavy atom. The second-order valence-electron chi connectivity index (χ2n) is 4.77. The summed E-state index contributed by atoms with van der Waals surface area (Å²) in [6.45, 7) is 6.50. The van der Waals surface area contributed by atoms with Gasteiger partial charge in [0.25, 0.3) is 0 Å². The van der Waals surface area contributed by atoms with Crippen molar-refractivity contribution in [3.8, 4) is 5.75 Å². The van der Waals surface area contributed by atoms with E-state index in [0.29, 0.717) is 0 Å². The van der Waals surface area contributed by atoms with Gasteiger partial charge in [-0.05, 0) is 36.4 Å². The first-order valence-electron chi connectivity index (χ1n) is 7.09. The van der Waals surface area contributed by atoms with Crippen molar-refractivity contribution in [1.29, 1.82) is 0 Å². The van der Waals surface area contributed by atoms with E-state index >= 15 is 0 Å². The van der Waals surface area contributed by atoms with Crippen LogP contribution in [0.1, 0.15) is 37.1 Å². The molecule has 0 unspecified atom stereocenters. The van der Waals surface area contributed by atoms with E-state index in [1.807, 2.05) is 11.3 Å². The number of hydrogen-bond donors (Lipinski definition) is 1. The molecule has 1 heterocycles. The average molecular weight is 277 g/mol. The fraction of sp³-hybridized carbons (Fsp3) is 0.500. The van der Waals surface area contributed by atoms with Crippen molar-refractivity contribution < 1.29 is 4.74 Å². The van der Waals surface area contributed by atoms with E-state index in [-0.39, 0.29) is 0 Å². The van der Waals surface area contributed by atoms with Crippen molar-refractivity contribution >= 4 is 21.4 Å². The Labute approximate surface area is 119 Å². The minimum Gasteiger partial charge on any atom is -0.495 e. The van der Waals surface area contributed by atoms with Gasteiger partial charge in [-0.25, -0.2) is 0 Å². The van der Waals surface area contributed by atoms with Gasteiger partial charge >= 0.3 is 0 Å². The lowest BCUT2D eigenvalue weighted by molar-refractivity contribution is 0.420. The van der Waals surface area contributed by atoms with Crippen molar-refractivity contribution in [2.45, 2.75) is 39.7 Å². The molecule has 1 aromatic heterocycles. The summed E-state index contributed by atoms with van der Waals surface area (Å²) in [7, 11) is 1.75. The van der Waals surface area contributed by atoms with Crippen LogP contribution >= 0.6 is 11.3 Å². The standard InChI is InChI=1S/C16H23NOS/c1-4-7-12-13-8-6-9-14(18-3)16(13)19-15(12)11-17-10-5-2/h6,8-9,17H,4-5,7,10-11H2,1-3H3. The fourth-order valence-corrected chi connectivity index (χ4v) is 3.71. The molecule has 0 saturated heterocycles. The summed E-state index contributed by atoms with van der Waals surface area (Å²) in [4.78, 5) is 1.47. The Hall–Kier alpha value is -1.06.